The largest absolute Gasteiger partial charge is 0.299 e. The maximum atomic E-state index is 5.54. The highest BCUT2D eigenvalue weighted by Crippen LogP contribution is 1.85. The molecule has 60 valence electrons. The molecule has 0 aliphatic carbocycles. The van der Waals surface area contributed by atoms with Gasteiger partial charge in [-0.2, -0.15) is 0 Å². The normalized spacial score (nSPS) is 11.3. The molecule has 2 N–H and O–H groups in total. The summed E-state index contributed by atoms with van der Waals surface area (Å²) in [6.07, 6.45) is 2.76. The molecule has 0 atom stereocenters. The first kappa shape index (κ1) is 9.43. The molecule has 0 aromatic carbocycles. The van der Waals surface area contributed by atoms with Gasteiger partial charge < -0.3 is 0 Å². The van der Waals surface area contributed by atoms with Gasteiger partial charge in [0, 0.05) is 12.6 Å². The van der Waals surface area contributed by atoms with Crippen LogP contribution in [0.15, 0.2) is 4.99 Å². The Morgan fingerprint density at radius 3 is 2.60 bits per heavy atom. The van der Waals surface area contributed by atoms with Gasteiger partial charge in [-0.3, -0.25) is 10.0 Å². The van der Waals surface area contributed by atoms with Crippen molar-refractivity contribution in [1.82, 2.24) is 5.01 Å². The molecule has 0 fully saturated rings. The highest BCUT2D eigenvalue weighted by atomic mass is 15.4. The molecule has 0 aromatic heterocycles. The van der Waals surface area contributed by atoms with E-state index < -0.39 is 0 Å². The Hall–Kier alpha value is -0.570. The highest BCUT2D eigenvalue weighted by molar-refractivity contribution is 5.54. The van der Waals surface area contributed by atoms with Crippen molar-refractivity contribution in [2.24, 2.45) is 10.8 Å². The van der Waals surface area contributed by atoms with Crippen molar-refractivity contribution in [3.8, 4) is 0 Å². The van der Waals surface area contributed by atoms with Crippen molar-refractivity contribution in [2.75, 3.05) is 6.54 Å². The molecule has 0 spiro atoms. The minimum Gasteiger partial charge on any atom is -0.299 e. The number of nitrogens with zero attached hydrogens (tertiary/aromatic N) is 2. The van der Waals surface area contributed by atoms with E-state index in [0.29, 0.717) is 6.04 Å². The molecule has 0 amide bonds. The second-order valence-corrected chi connectivity index (χ2v) is 2.56. The molecule has 0 saturated carbocycles. The van der Waals surface area contributed by atoms with E-state index >= 15 is 0 Å². The third-order valence-electron chi connectivity index (χ3n) is 1.16. The van der Waals surface area contributed by atoms with Crippen LogP contribution in [0, 0.1) is 0 Å². The van der Waals surface area contributed by atoms with Gasteiger partial charge >= 0.3 is 0 Å². The minimum atomic E-state index is 0.334. The van der Waals surface area contributed by atoms with Crippen LogP contribution in [-0.2, 0) is 0 Å². The zero-order chi connectivity index (χ0) is 7.98. The van der Waals surface area contributed by atoms with Crippen molar-refractivity contribution >= 4 is 6.34 Å². The van der Waals surface area contributed by atoms with Gasteiger partial charge in [-0.25, -0.2) is 5.84 Å². The van der Waals surface area contributed by atoms with E-state index in [-0.39, 0.29) is 0 Å². The highest BCUT2D eigenvalue weighted by Gasteiger charge is 1.95. The Labute approximate surface area is 62.9 Å². The van der Waals surface area contributed by atoms with E-state index in [4.69, 9.17) is 5.84 Å². The smallest absolute Gasteiger partial charge is 0.0992 e. The second-order valence-electron chi connectivity index (χ2n) is 2.56. The summed E-state index contributed by atoms with van der Waals surface area (Å²) in [5.41, 5.74) is 0. The molecular formula is C7H17N3. The average Bonchev–Trinajstić information content (AvgIpc) is 1.88. The lowest BCUT2D eigenvalue weighted by Gasteiger charge is -2.16. The van der Waals surface area contributed by atoms with E-state index in [2.05, 4.69) is 11.9 Å². The Morgan fingerprint density at radius 1 is 1.60 bits per heavy atom. The van der Waals surface area contributed by atoms with Crippen LogP contribution in [0.2, 0.25) is 0 Å². The summed E-state index contributed by atoms with van der Waals surface area (Å²) in [6, 6.07) is 0.334. The number of hydrogen-bond donors (Lipinski definition) is 1. The van der Waals surface area contributed by atoms with Gasteiger partial charge in [0.25, 0.3) is 0 Å². The zero-order valence-electron chi connectivity index (χ0n) is 7.04. The lowest BCUT2D eigenvalue weighted by Crippen LogP contribution is -2.36. The van der Waals surface area contributed by atoms with Crippen LogP contribution in [0.1, 0.15) is 27.2 Å². The van der Waals surface area contributed by atoms with Crippen LogP contribution in [0.5, 0.6) is 0 Å². The summed E-state index contributed by atoms with van der Waals surface area (Å²) in [7, 11) is 0. The van der Waals surface area contributed by atoms with Gasteiger partial charge in [-0.1, -0.05) is 6.92 Å². The number of hydrogen-bond acceptors (Lipinski definition) is 2. The average molecular weight is 143 g/mol. The fourth-order valence-corrected chi connectivity index (χ4v) is 0.414. The Morgan fingerprint density at radius 2 is 2.20 bits per heavy atom. The van der Waals surface area contributed by atoms with Gasteiger partial charge in [-0.15, -0.1) is 0 Å². The molecule has 0 aliphatic rings. The van der Waals surface area contributed by atoms with Crippen LogP contribution in [0.25, 0.3) is 0 Å². The maximum Gasteiger partial charge on any atom is 0.0992 e. The van der Waals surface area contributed by atoms with E-state index in [1.165, 1.54) is 0 Å². The first-order valence-electron chi connectivity index (χ1n) is 3.71. The summed E-state index contributed by atoms with van der Waals surface area (Å²) < 4.78 is 0. The van der Waals surface area contributed by atoms with Crippen LogP contribution >= 0.6 is 0 Å². The summed E-state index contributed by atoms with van der Waals surface area (Å²) in [6.45, 7) is 7.00. The van der Waals surface area contributed by atoms with Gasteiger partial charge in [0.1, 0.15) is 0 Å². The minimum absolute atomic E-state index is 0.334. The van der Waals surface area contributed by atoms with E-state index in [0.717, 1.165) is 13.0 Å². The van der Waals surface area contributed by atoms with Crippen molar-refractivity contribution in [3.05, 3.63) is 0 Å². The molecule has 0 aliphatic heterocycles. The molecule has 0 aromatic rings. The molecule has 0 bridgehead atoms. The molecule has 10 heavy (non-hydrogen) atoms. The zero-order valence-corrected chi connectivity index (χ0v) is 7.04. The Bertz CT molecular complexity index is 99.0. The molecule has 0 unspecified atom stereocenters. The number of hydrazine groups is 1. The third-order valence-corrected chi connectivity index (χ3v) is 1.16. The number of nitrogens with two attached hydrogens (primary N) is 1. The lowest BCUT2D eigenvalue weighted by molar-refractivity contribution is 0.374. The lowest BCUT2D eigenvalue weighted by atomic mass is 10.4. The van der Waals surface area contributed by atoms with Crippen LogP contribution in [-0.4, -0.2) is 23.9 Å². The van der Waals surface area contributed by atoms with Crippen molar-refractivity contribution < 1.29 is 0 Å². The number of aliphatic imine (C=N–C) groups is 1. The first-order chi connectivity index (χ1) is 4.68. The SMILES string of the molecule is CCCN=CN(N)C(C)C. The molecule has 0 saturated heterocycles. The summed E-state index contributed by atoms with van der Waals surface area (Å²) >= 11 is 0. The quantitative estimate of drug-likeness (QED) is 0.276. The summed E-state index contributed by atoms with van der Waals surface area (Å²) in [5.74, 6) is 5.54. The Kier molecular flexibility index (Phi) is 4.94. The molecular weight excluding hydrogens is 126 g/mol. The molecule has 3 heteroatoms. The summed E-state index contributed by atoms with van der Waals surface area (Å²) in [4.78, 5) is 4.09. The molecule has 0 heterocycles. The third kappa shape index (κ3) is 4.32. The standard InChI is InChI=1S/C7H17N3/c1-4-5-9-6-10(8)7(2)3/h6-7H,4-5,8H2,1-3H3. The van der Waals surface area contributed by atoms with Crippen molar-refractivity contribution in [3.63, 3.8) is 0 Å². The molecule has 0 rings (SSSR count). The van der Waals surface area contributed by atoms with Crippen LogP contribution < -0.4 is 5.84 Å². The van der Waals surface area contributed by atoms with Crippen molar-refractivity contribution in [1.29, 1.82) is 0 Å². The predicted molar refractivity (Wildman–Crippen MR) is 44.8 cm³/mol. The monoisotopic (exact) mass is 143 g/mol. The van der Waals surface area contributed by atoms with Gasteiger partial charge in [-0.05, 0) is 20.3 Å². The van der Waals surface area contributed by atoms with Gasteiger partial charge in [0.2, 0.25) is 0 Å². The van der Waals surface area contributed by atoms with E-state index in [9.17, 15) is 0 Å². The Balaban J connectivity index is 3.45. The first-order valence-corrected chi connectivity index (χ1v) is 3.71. The van der Waals surface area contributed by atoms with Crippen molar-refractivity contribution in [2.45, 2.75) is 33.2 Å². The molecule has 0 radical (unpaired) electrons. The molecule has 3 nitrogen and oxygen atoms in total. The fraction of sp³-hybridized carbons (Fsp3) is 0.857. The topological polar surface area (TPSA) is 41.6 Å². The van der Waals surface area contributed by atoms with Gasteiger partial charge in [0.15, 0.2) is 0 Å². The number of rotatable bonds is 4. The van der Waals surface area contributed by atoms with Crippen LogP contribution in [0.3, 0.4) is 0 Å². The predicted octanol–water partition coefficient (Wildman–Crippen LogP) is 1.01. The maximum absolute atomic E-state index is 5.54. The summed E-state index contributed by atoms with van der Waals surface area (Å²) in [5, 5.41) is 1.61. The fourth-order valence-electron chi connectivity index (χ4n) is 0.414. The van der Waals surface area contributed by atoms with Gasteiger partial charge in [0.05, 0.1) is 6.34 Å². The van der Waals surface area contributed by atoms with Crippen LogP contribution in [0.4, 0.5) is 0 Å². The second kappa shape index (κ2) is 5.23. The van der Waals surface area contributed by atoms with E-state index in [1.54, 1.807) is 11.3 Å². The van der Waals surface area contributed by atoms with E-state index in [1.807, 2.05) is 13.8 Å².